The summed E-state index contributed by atoms with van der Waals surface area (Å²) in [4.78, 5) is 46.6. The Morgan fingerprint density at radius 2 is 1.82 bits per heavy atom. The number of aromatic nitrogens is 1. The summed E-state index contributed by atoms with van der Waals surface area (Å²) in [6.45, 7) is 1.96. The quantitative estimate of drug-likeness (QED) is 0.367. The lowest BCUT2D eigenvalue weighted by atomic mass is 9.76. The molecule has 4 atom stereocenters. The highest BCUT2D eigenvalue weighted by molar-refractivity contribution is 6.26. The molecule has 0 radical (unpaired) electrons. The number of benzene rings is 3. The number of hydrogen-bond donors (Lipinski definition) is 3. The molecule has 2 fully saturated rings. The van der Waals surface area contributed by atoms with Crippen molar-refractivity contribution in [1.82, 2.24) is 10.3 Å². The van der Waals surface area contributed by atoms with Gasteiger partial charge in [-0.3, -0.25) is 19.7 Å². The van der Waals surface area contributed by atoms with E-state index >= 15 is 0 Å². The van der Waals surface area contributed by atoms with Gasteiger partial charge in [0.15, 0.2) is 0 Å². The maximum Gasteiger partial charge on any atom is 0.250 e. The molecule has 0 bridgehead atoms. The number of nitrogens with zero attached hydrogens (tertiary/aromatic N) is 1. The Balaban J connectivity index is 1.38. The van der Waals surface area contributed by atoms with E-state index in [1.54, 1.807) is 31.4 Å². The number of methoxy groups -OCH3 is 1. The van der Waals surface area contributed by atoms with Crippen molar-refractivity contribution in [2.24, 2.45) is 11.8 Å². The normalized spacial score (nSPS) is 25.8. The van der Waals surface area contributed by atoms with Crippen molar-refractivity contribution in [3.8, 4) is 5.75 Å². The molecule has 3 aromatic carbocycles. The third-order valence-electron chi connectivity index (χ3n) is 8.30. The van der Waals surface area contributed by atoms with Gasteiger partial charge in [-0.25, -0.2) is 4.90 Å². The number of fused-ring (bicyclic) bond motifs is 5. The fourth-order valence-electron chi connectivity index (χ4n) is 6.63. The predicted molar refractivity (Wildman–Crippen MR) is 143 cm³/mol. The van der Waals surface area contributed by atoms with Crippen LogP contribution >= 0.6 is 0 Å². The van der Waals surface area contributed by atoms with E-state index in [-0.39, 0.29) is 17.7 Å². The molecule has 3 N–H and O–H groups in total. The first kappa shape index (κ1) is 22.7. The fraction of sp³-hybridized carbons (Fsp3) is 0.233. The molecule has 3 amide bonds. The maximum atomic E-state index is 14.2. The second kappa shape index (κ2) is 8.03. The minimum absolute atomic E-state index is 0.303. The smallest absolute Gasteiger partial charge is 0.250 e. The summed E-state index contributed by atoms with van der Waals surface area (Å²) in [5.41, 5.74) is 3.47. The highest BCUT2D eigenvalue weighted by Crippen LogP contribution is 2.54. The van der Waals surface area contributed by atoms with Crippen LogP contribution < -0.4 is 20.3 Å². The minimum Gasteiger partial charge on any atom is -0.497 e. The summed E-state index contributed by atoms with van der Waals surface area (Å²) in [5.74, 6) is -2.06. The van der Waals surface area contributed by atoms with E-state index < -0.39 is 23.4 Å². The van der Waals surface area contributed by atoms with Crippen molar-refractivity contribution in [3.05, 3.63) is 89.6 Å². The summed E-state index contributed by atoms with van der Waals surface area (Å²) in [6, 6.07) is 20.2. The van der Waals surface area contributed by atoms with Crippen molar-refractivity contribution in [3.63, 3.8) is 0 Å². The Morgan fingerprint density at radius 1 is 0.974 bits per heavy atom. The summed E-state index contributed by atoms with van der Waals surface area (Å²) >= 11 is 0. The Bertz CT molecular complexity index is 1660. The number of aromatic amines is 1. The van der Waals surface area contributed by atoms with E-state index in [4.69, 9.17) is 4.74 Å². The van der Waals surface area contributed by atoms with Gasteiger partial charge in [-0.1, -0.05) is 42.0 Å². The van der Waals surface area contributed by atoms with Crippen molar-refractivity contribution in [2.45, 2.75) is 24.9 Å². The second-order valence-electron chi connectivity index (χ2n) is 10.3. The third kappa shape index (κ3) is 2.98. The van der Waals surface area contributed by atoms with Gasteiger partial charge in [-0.2, -0.15) is 0 Å². The first-order valence-corrected chi connectivity index (χ1v) is 12.7. The van der Waals surface area contributed by atoms with Crippen LogP contribution in [0.5, 0.6) is 5.75 Å². The van der Waals surface area contributed by atoms with Crippen molar-refractivity contribution >= 4 is 40.0 Å². The number of amides is 3. The van der Waals surface area contributed by atoms with Crippen molar-refractivity contribution in [2.75, 3.05) is 17.3 Å². The number of para-hydroxylation sites is 1. The van der Waals surface area contributed by atoms with E-state index in [0.717, 1.165) is 22.0 Å². The standard InChI is InChI=1S/C30H26N4O4/c1-16-10-11-23-21(12-16)30(29(37)32-23)26-25(24(33-30)13-17-15-31-22-9-4-3-8-20(17)22)27(35)34(28(26)36)18-6-5-7-19(14-18)38-2/h3-12,14-15,24-26,31,33H,13H2,1-2H3,(H,32,37). The molecule has 8 nitrogen and oxygen atoms in total. The first-order valence-electron chi connectivity index (χ1n) is 12.7. The molecule has 3 aliphatic rings. The van der Waals surface area contributed by atoms with E-state index in [9.17, 15) is 14.4 Å². The lowest BCUT2D eigenvalue weighted by Gasteiger charge is -2.29. The number of anilines is 2. The van der Waals surface area contributed by atoms with Crippen LogP contribution in [-0.4, -0.2) is 35.9 Å². The lowest BCUT2D eigenvalue weighted by Crippen LogP contribution is -2.53. The molecule has 190 valence electrons. The zero-order valence-electron chi connectivity index (χ0n) is 20.9. The molecule has 2 saturated heterocycles. The van der Waals surface area contributed by atoms with Crippen LogP contribution in [0.15, 0.2) is 72.9 Å². The van der Waals surface area contributed by atoms with Crippen LogP contribution in [0.4, 0.5) is 11.4 Å². The van der Waals surface area contributed by atoms with Gasteiger partial charge in [0.1, 0.15) is 11.3 Å². The molecule has 0 saturated carbocycles. The summed E-state index contributed by atoms with van der Waals surface area (Å²) in [6.07, 6.45) is 2.42. The molecule has 0 aliphatic carbocycles. The van der Waals surface area contributed by atoms with Gasteiger partial charge in [0, 0.05) is 40.5 Å². The zero-order chi connectivity index (χ0) is 26.2. The zero-order valence-corrected chi connectivity index (χ0v) is 20.9. The van der Waals surface area contributed by atoms with Crippen LogP contribution in [-0.2, 0) is 26.3 Å². The predicted octanol–water partition coefficient (Wildman–Crippen LogP) is 3.65. The summed E-state index contributed by atoms with van der Waals surface area (Å²) in [7, 11) is 1.54. The maximum absolute atomic E-state index is 14.2. The average Bonchev–Trinajstić information content (AvgIpc) is 3.63. The van der Waals surface area contributed by atoms with Gasteiger partial charge in [0.2, 0.25) is 17.7 Å². The molecular formula is C30H26N4O4. The highest BCUT2D eigenvalue weighted by atomic mass is 16.5. The van der Waals surface area contributed by atoms with Gasteiger partial charge in [-0.05, 0) is 43.2 Å². The van der Waals surface area contributed by atoms with Crippen LogP contribution in [0.25, 0.3) is 10.9 Å². The number of nitrogens with one attached hydrogen (secondary N) is 3. The number of imide groups is 1. The van der Waals surface area contributed by atoms with Gasteiger partial charge in [0.05, 0.1) is 24.6 Å². The first-order chi connectivity index (χ1) is 18.4. The number of rotatable bonds is 4. The number of carbonyl (C=O) groups is 3. The van der Waals surface area contributed by atoms with E-state index in [2.05, 4.69) is 15.6 Å². The van der Waals surface area contributed by atoms with E-state index in [1.807, 2.05) is 55.6 Å². The Hall–Kier alpha value is -4.43. The van der Waals surface area contributed by atoms with E-state index in [0.29, 0.717) is 29.1 Å². The molecule has 7 rings (SSSR count). The minimum atomic E-state index is -1.34. The van der Waals surface area contributed by atoms with Crippen LogP contribution in [0, 0.1) is 18.8 Å². The van der Waals surface area contributed by atoms with E-state index in [1.165, 1.54) is 4.90 Å². The number of aryl methyl sites for hydroxylation is 1. The Morgan fingerprint density at radius 3 is 2.66 bits per heavy atom. The second-order valence-corrected chi connectivity index (χ2v) is 10.3. The van der Waals surface area contributed by atoms with Gasteiger partial charge in [-0.15, -0.1) is 0 Å². The molecule has 38 heavy (non-hydrogen) atoms. The molecule has 4 unspecified atom stereocenters. The fourth-order valence-corrected chi connectivity index (χ4v) is 6.63. The number of carbonyl (C=O) groups excluding carboxylic acids is 3. The third-order valence-corrected chi connectivity index (χ3v) is 8.30. The van der Waals surface area contributed by atoms with Crippen LogP contribution in [0.2, 0.25) is 0 Å². The number of ether oxygens (including phenoxy) is 1. The SMILES string of the molecule is COc1cccc(N2C(=O)C3C(Cc4c[nH]c5ccccc45)NC4(C(=O)Nc5ccc(C)cc54)C3C2=O)c1. The molecule has 4 aromatic rings. The van der Waals surface area contributed by atoms with Gasteiger partial charge < -0.3 is 15.0 Å². The van der Waals surface area contributed by atoms with Gasteiger partial charge >= 0.3 is 0 Å². The molecule has 1 aromatic heterocycles. The molecule has 3 aliphatic heterocycles. The highest BCUT2D eigenvalue weighted by Gasteiger charge is 2.70. The number of H-pyrrole nitrogens is 1. The molecule has 1 spiro atoms. The monoisotopic (exact) mass is 506 g/mol. The van der Waals surface area contributed by atoms with Crippen LogP contribution in [0.3, 0.4) is 0 Å². The number of hydrogen-bond acceptors (Lipinski definition) is 5. The molecule has 4 heterocycles. The summed E-state index contributed by atoms with van der Waals surface area (Å²) < 4.78 is 5.35. The topological polar surface area (TPSA) is 104 Å². The molecular weight excluding hydrogens is 480 g/mol. The molecule has 8 heteroatoms. The van der Waals surface area contributed by atoms with Crippen molar-refractivity contribution in [1.29, 1.82) is 0 Å². The lowest BCUT2D eigenvalue weighted by molar-refractivity contribution is -0.130. The van der Waals surface area contributed by atoms with Gasteiger partial charge in [0.25, 0.3) is 0 Å². The Labute approximate surface area is 219 Å². The Kier molecular flexibility index (Phi) is 4.81. The largest absolute Gasteiger partial charge is 0.497 e. The summed E-state index contributed by atoms with van der Waals surface area (Å²) in [5, 5.41) is 7.57. The van der Waals surface area contributed by atoms with Crippen molar-refractivity contribution < 1.29 is 19.1 Å². The average molecular weight is 507 g/mol. The van der Waals surface area contributed by atoms with Crippen LogP contribution in [0.1, 0.15) is 16.7 Å².